The van der Waals surface area contributed by atoms with E-state index in [1.54, 1.807) is 0 Å². The van der Waals surface area contributed by atoms with E-state index in [-0.39, 0.29) is 6.10 Å². The van der Waals surface area contributed by atoms with Gasteiger partial charge in [0.15, 0.2) is 0 Å². The maximum Gasteiger partial charge on any atom is 0.0540 e. The van der Waals surface area contributed by atoms with Gasteiger partial charge in [0.2, 0.25) is 0 Å². The summed E-state index contributed by atoms with van der Waals surface area (Å²) in [6.45, 7) is 2.19. The van der Waals surface area contributed by atoms with Gasteiger partial charge in [0.25, 0.3) is 0 Å². The molecule has 0 aromatic carbocycles. The molecule has 2 heteroatoms. The van der Waals surface area contributed by atoms with E-state index in [1.807, 2.05) is 0 Å². The van der Waals surface area contributed by atoms with Crippen LogP contribution in [0.1, 0.15) is 58.3 Å². The van der Waals surface area contributed by atoms with Crippen molar-refractivity contribution in [2.75, 3.05) is 5.75 Å². The molecule has 1 N–H and O–H groups in total. The predicted molar refractivity (Wildman–Crippen MR) is 62.5 cm³/mol. The summed E-state index contributed by atoms with van der Waals surface area (Å²) >= 11 is 4.15. The van der Waals surface area contributed by atoms with Crippen LogP contribution in [-0.4, -0.2) is 17.0 Å². The Labute approximate surface area is 88.3 Å². The Bertz CT molecular complexity index is 96.1. The number of aliphatic hydroxyl groups is 1. The third-order valence-electron chi connectivity index (χ3n) is 2.34. The zero-order valence-electron chi connectivity index (χ0n) is 8.84. The SMILES string of the molecule is CCCCCC(O)CCCCCS. The highest BCUT2D eigenvalue weighted by molar-refractivity contribution is 7.80. The molecule has 0 aromatic heterocycles. The number of thiol groups is 1. The Kier molecular flexibility index (Phi) is 10.6. The van der Waals surface area contributed by atoms with Gasteiger partial charge in [-0.15, -0.1) is 0 Å². The third kappa shape index (κ3) is 10.2. The van der Waals surface area contributed by atoms with Crippen LogP contribution >= 0.6 is 12.6 Å². The second-order valence-corrected chi connectivity index (χ2v) is 4.17. The van der Waals surface area contributed by atoms with Crippen molar-refractivity contribution in [1.82, 2.24) is 0 Å². The van der Waals surface area contributed by atoms with Crippen molar-refractivity contribution in [1.29, 1.82) is 0 Å². The molecular weight excluding hydrogens is 180 g/mol. The highest BCUT2D eigenvalue weighted by Crippen LogP contribution is 2.10. The molecule has 13 heavy (non-hydrogen) atoms. The first-order chi connectivity index (χ1) is 6.31. The van der Waals surface area contributed by atoms with Crippen molar-refractivity contribution in [2.45, 2.75) is 64.4 Å². The van der Waals surface area contributed by atoms with Crippen LogP contribution in [0.3, 0.4) is 0 Å². The Morgan fingerprint density at radius 1 is 1.00 bits per heavy atom. The van der Waals surface area contributed by atoms with Gasteiger partial charge in [0.1, 0.15) is 0 Å². The summed E-state index contributed by atoms with van der Waals surface area (Å²) in [6.07, 6.45) is 9.18. The van der Waals surface area contributed by atoms with Crippen molar-refractivity contribution in [3.63, 3.8) is 0 Å². The summed E-state index contributed by atoms with van der Waals surface area (Å²) in [4.78, 5) is 0. The second kappa shape index (κ2) is 10.4. The van der Waals surface area contributed by atoms with Crippen molar-refractivity contribution in [2.24, 2.45) is 0 Å². The summed E-state index contributed by atoms with van der Waals surface area (Å²) in [5.41, 5.74) is 0. The lowest BCUT2D eigenvalue weighted by molar-refractivity contribution is 0.147. The smallest absolute Gasteiger partial charge is 0.0540 e. The van der Waals surface area contributed by atoms with Gasteiger partial charge in [0.05, 0.1) is 6.10 Å². The summed E-state index contributed by atoms with van der Waals surface area (Å²) in [7, 11) is 0. The van der Waals surface area contributed by atoms with Gasteiger partial charge in [-0.3, -0.25) is 0 Å². The summed E-state index contributed by atoms with van der Waals surface area (Å²) in [5.74, 6) is 0.978. The van der Waals surface area contributed by atoms with Gasteiger partial charge in [-0.25, -0.2) is 0 Å². The van der Waals surface area contributed by atoms with Crippen LogP contribution in [0.25, 0.3) is 0 Å². The van der Waals surface area contributed by atoms with Crippen LogP contribution in [0, 0.1) is 0 Å². The minimum absolute atomic E-state index is 0.0496. The fourth-order valence-electron chi connectivity index (χ4n) is 1.44. The van der Waals surface area contributed by atoms with E-state index in [4.69, 9.17) is 0 Å². The average molecular weight is 204 g/mol. The van der Waals surface area contributed by atoms with Gasteiger partial charge >= 0.3 is 0 Å². The maximum atomic E-state index is 9.56. The first kappa shape index (κ1) is 13.3. The maximum absolute atomic E-state index is 9.56. The minimum atomic E-state index is -0.0496. The molecule has 0 radical (unpaired) electrons. The van der Waals surface area contributed by atoms with Crippen LogP contribution in [0.15, 0.2) is 0 Å². The van der Waals surface area contributed by atoms with E-state index in [0.717, 1.165) is 25.0 Å². The molecule has 0 saturated carbocycles. The fourth-order valence-corrected chi connectivity index (χ4v) is 1.67. The first-order valence-electron chi connectivity index (χ1n) is 5.60. The summed E-state index contributed by atoms with van der Waals surface area (Å²) < 4.78 is 0. The molecule has 0 heterocycles. The van der Waals surface area contributed by atoms with E-state index in [0.29, 0.717) is 0 Å². The molecule has 0 spiro atoms. The molecule has 0 rings (SSSR count). The molecule has 1 nitrogen and oxygen atoms in total. The molecule has 0 aliphatic rings. The number of unbranched alkanes of at least 4 members (excludes halogenated alkanes) is 4. The Balaban J connectivity index is 3.05. The Morgan fingerprint density at radius 2 is 1.62 bits per heavy atom. The van der Waals surface area contributed by atoms with E-state index in [2.05, 4.69) is 19.6 Å². The molecule has 1 unspecified atom stereocenters. The van der Waals surface area contributed by atoms with Gasteiger partial charge in [-0.1, -0.05) is 39.0 Å². The monoisotopic (exact) mass is 204 g/mol. The lowest BCUT2D eigenvalue weighted by Crippen LogP contribution is -2.05. The van der Waals surface area contributed by atoms with Gasteiger partial charge in [-0.2, -0.15) is 12.6 Å². The number of hydrogen-bond donors (Lipinski definition) is 2. The van der Waals surface area contributed by atoms with Crippen LogP contribution in [-0.2, 0) is 0 Å². The quantitative estimate of drug-likeness (QED) is 0.435. The fraction of sp³-hybridized carbons (Fsp3) is 1.00. The zero-order chi connectivity index (χ0) is 9.94. The minimum Gasteiger partial charge on any atom is -0.393 e. The van der Waals surface area contributed by atoms with Crippen molar-refractivity contribution < 1.29 is 5.11 Å². The molecule has 0 bridgehead atoms. The normalized spacial score (nSPS) is 13.2. The molecule has 0 fully saturated rings. The number of rotatable bonds is 9. The van der Waals surface area contributed by atoms with Crippen molar-refractivity contribution >= 4 is 12.6 Å². The zero-order valence-corrected chi connectivity index (χ0v) is 9.73. The van der Waals surface area contributed by atoms with E-state index in [1.165, 1.54) is 32.1 Å². The standard InChI is InChI=1S/C11H24OS/c1-2-3-5-8-11(12)9-6-4-7-10-13/h11-13H,2-10H2,1H3. The molecule has 0 amide bonds. The average Bonchev–Trinajstić information content (AvgIpc) is 2.13. The highest BCUT2D eigenvalue weighted by Gasteiger charge is 2.02. The molecule has 1 atom stereocenters. The first-order valence-corrected chi connectivity index (χ1v) is 6.23. The van der Waals surface area contributed by atoms with Crippen LogP contribution in [0.4, 0.5) is 0 Å². The Morgan fingerprint density at radius 3 is 2.15 bits per heavy atom. The van der Waals surface area contributed by atoms with Crippen LogP contribution in [0.5, 0.6) is 0 Å². The van der Waals surface area contributed by atoms with Gasteiger partial charge in [0, 0.05) is 0 Å². The Hall–Kier alpha value is 0.310. The van der Waals surface area contributed by atoms with Gasteiger partial charge < -0.3 is 5.11 Å². The molecule has 0 aromatic rings. The lowest BCUT2D eigenvalue weighted by atomic mass is 10.0. The van der Waals surface area contributed by atoms with Crippen LogP contribution < -0.4 is 0 Å². The van der Waals surface area contributed by atoms with E-state index in [9.17, 15) is 5.11 Å². The lowest BCUT2D eigenvalue weighted by Gasteiger charge is -2.09. The van der Waals surface area contributed by atoms with Crippen LogP contribution in [0.2, 0.25) is 0 Å². The molecule has 0 saturated heterocycles. The third-order valence-corrected chi connectivity index (χ3v) is 2.65. The van der Waals surface area contributed by atoms with Gasteiger partial charge in [-0.05, 0) is 25.0 Å². The molecular formula is C11H24OS. The summed E-state index contributed by atoms with van der Waals surface area (Å²) in [6, 6.07) is 0. The second-order valence-electron chi connectivity index (χ2n) is 3.72. The number of aliphatic hydroxyl groups excluding tert-OH is 1. The van der Waals surface area contributed by atoms with Crippen molar-refractivity contribution in [3.8, 4) is 0 Å². The molecule has 0 aliphatic heterocycles. The molecule has 80 valence electrons. The topological polar surface area (TPSA) is 20.2 Å². The molecule has 0 aliphatic carbocycles. The van der Waals surface area contributed by atoms with Crippen molar-refractivity contribution in [3.05, 3.63) is 0 Å². The largest absolute Gasteiger partial charge is 0.393 e. The predicted octanol–water partition coefficient (Wildman–Crippen LogP) is 3.42. The van der Waals surface area contributed by atoms with E-state index >= 15 is 0 Å². The van der Waals surface area contributed by atoms with E-state index < -0.39 is 0 Å². The summed E-state index contributed by atoms with van der Waals surface area (Å²) in [5, 5.41) is 9.56. The number of hydrogen-bond acceptors (Lipinski definition) is 2. The highest BCUT2D eigenvalue weighted by atomic mass is 32.1.